The molecule has 0 unspecified atom stereocenters. The van der Waals surface area contributed by atoms with Gasteiger partial charge in [-0.2, -0.15) is 0 Å². The van der Waals surface area contributed by atoms with Crippen LogP contribution < -0.4 is 0 Å². The minimum Gasteiger partial charge on any atom is -0.339 e. The summed E-state index contributed by atoms with van der Waals surface area (Å²) in [4.78, 5) is 22.0. The molecule has 1 saturated heterocycles. The van der Waals surface area contributed by atoms with Crippen LogP contribution in [0.25, 0.3) is 22.2 Å². The first-order valence-corrected chi connectivity index (χ1v) is 11.2. The number of rotatable bonds is 5. The van der Waals surface area contributed by atoms with Gasteiger partial charge in [0.1, 0.15) is 11.6 Å². The number of thiazole rings is 1. The van der Waals surface area contributed by atoms with Crippen LogP contribution in [0.5, 0.6) is 0 Å². The molecule has 1 fully saturated rings. The van der Waals surface area contributed by atoms with Crippen molar-refractivity contribution in [1.82, 2.24) is 19.4 Å². The molecule has 2 aromatic carbocycles. The second kappa shape index (κ2) is 8.42. The van der Waals surface area contributed by atoms with Crippen LogP contribution in [0.4, 0.5) is 0 Å². The van der Waals surface area contributed by atoms with Crippen LogP contribution in [-0.4, -0.2) is 51.4 Å². The Morgan fingerprint density at radius 1 is 0.933 bits per heavy atom. The zero-order valence-electron chi connectivity index (χ0n) is 16.8. The number of carbonyl (C=O) groups excluding carboxylic acids is 1. The first-order chi connectivity index (χ1) is 14.8. The van der Waals surface area contributed by atoms with E-state index in [1.54, 1.807) is 11.3 Å². The lowest BCUT2D eigenvalue weighted by molar-refractivity contribution is -0.133. The second-order valence-electron chi connectivity index (χ2n) is 7.65. The number of carbonyl (C=O) groups is 1. The Labute approximate surface area is 180 Å². The fraction of sp³-hybridized carbons (Fsp3) is 0.250. The summed E-state index contributed by atoms with van der Waals surface area (Å²) >= 11 is 1.71. The molecular weight excluding hydrogens is 392 g/mol. The molecule has 0 aliphatic carbocycles. The molecule has 0 N–H and O–H groups in total. The van der Waals surface area contributed by atoms with Crippen LogP contribution in [0.1, 0.15) is 5.01 Å². The van der Waals surface area contributed by atoms with Gasteiger partial charge in [-0.3, -0.25) is 9.69 Å². The third-order valence-corrected chi connectivity index (χ3v) is 6.52. The molecule has 0 bridgehead atoms. The summed E-state index contributed by atoms with van der Waals surface area (Å²) < 4.78 is 2.05. The third-order valence-electron chi connectivity index (χ3n) is 5.69. The molecule has 3 heterocycles. The van der Waals surface area contributed by atoms with Gasteiger partial charge in [0.25, 0.3) is 0 Å². The van der Waals surface area contributed by atoms with Crippen molar-refractivity contribution in [3.63, 3.8) is 0 Å². The van der Waals surface area contributed by atoms with Crippen molar-refractivity contribution in [3.8, 4) is 11.3 Å². The average molecular weight is 417 g/mol. The highest BCUT2D eigenvalue weighted by Gasteiger charge is 2.22. The SMILES string of the molecule is O=C(Cn1ccc2ccccc21)N1CCN(Cc2nc(-c3ccccc3)cs2)CC1. The number of para-hydroxylation sites is 1. The number of fused-ring (bicyclic) bond motifs is 1. The molecule has 2 aromatic heterocycles. The van der Waals surface area contributed by atoms with Crippen molar-refractivity contribution < 1.29 is 4.79 Å². The smallest absolute Gasteiger partial charge is 0.242 e. The van der Waals surface area contributed by atoms with Crippen molar-refractivity contribution in [2.24, 2.45) is 0 Å². The lowest BCUT2D eigenvalue weighted by Crippen LogP contribution is -2.49. The highest BCUT2D eigenvalue weighted by atomic mass is 32.1. The van der Waals surface area contributed by atoms with Crippen molar-refractivity contribution >= 4 is 28.1 Å². The Morgan fingerprint density at radius 3 is 2.53 bits per heavy atom. The molecule has 4 aromatic rings. The number of aromatic nitrogens is 2. The summed E-state index contributed by atoms with van der Waals surface area (Å²) in [7, 11) is 0. The third kappa shape index (κ3) is 4.01. The van der Waals surface area contributed by atoms with Gasteiger partial charge in [0.2, 0.25) is 5.91 Å². The Balaban J connectivity index is 1.16. The van der Waals surface area contributed by atoms with Crippen molar-refractivity contribution in [1.29, 1.82) is 0 Å². The fourth-order valence-corrected chi connectivity index (χ4v) is 4.84. The van der Waals surface area contributed by atoms with Crippen LogP contribution >= 0.6 is 11.3 Å². The van der Waals surface area contributed by atoms with E-state index in [1.165, 1.54) is 5.39 Å². The van der Waals surface area contributed by atoms with E-state index in [-0.39, 0.29) is 5.91 Å². The maximum absolute atomic E-state index is 12.8. The fourth-order valence-electron chi connectivity index (χ4n) is 4.00. The van der Waals surface area contributed by atoms with E-state index in [1.807, 2.05) is 46.0 Å². The molecule has 30 heavy (non-hydrogen) atoms. The van der Waals surface area contributed by atoms with Gasteiger partial charge in [-0.25, -0.2) is 4.98 Å². The van der Waals surface area contributed by atoms with Gasteiger partial charge in [0, 0.05) is 48.8 Å². The first kappa shape index (κ1) is 19.0. The van der Waals surface area contributed by atoms with Crippen LogP contribution in [-0.2, 0) is 17.9 Å². The molecule has 1 aliphatic rings. The highest BCUT2D eigenvalue weighted by Crippen LogP contribution is 2.23. The lowest BCUT2D eigenvalue weighted by Gasteiger charge is -2.34. The molecule has 0 saturated carbocycles. The van der Waals surface area contributed by atoms with E-state index in [9.17, 15) is 4.79 Å². The van der Waals surface area contributed by atoms with Crippen LogP contribution in [0, 0.1) is 0 Å². The summed E-state index contributed by atoms with van der Waals surface area (Å²) in [6.45, 7) is 4.57. The number of amides is 1. The maximum atomic E-state index is 12.8. The quantitative estimate of drug-likeness (QED) is 0.492. The number of nitrogens with zero attached hydrogens (tertiary/aromatic N) is 4. The van der Waals surface area contributed by atoms with Gasteiger partial charge < -0.3 is 9.47 Å². The molecule has 5 nitrogen and oxygen atoms in total. The lowest BCUT2D eigenvalue weighted by atomic mass is 10.2. The maximum Gasteiger partial charge on any atom is 0.242 e. The molecule has 1 amide bonds. The van der Waals surface area contributed by atoms with Gasteiger partial charge in [-0.15, -0.1) is 11.3 Å². The van der Waals surface area contributed by atoms with E-state index in [2.05, 4.69) is 40.6 Å². The van der Waals surface area contributed by atoms with Crippen LogP contribution in [0.2, 0.25) is 0 Å². The molecule has 0 atom stereocenters. The molecule has 0 spiro atoms. The number of hydrogen-bond acceptors (Lipinski definition) is 4. The predicted octanol–water partition coefficient (Wildman–Crippen LogP) is 4.11. The first-order valence-electron chi connectivity index (χ1n) is 10.3. The zero-order chi connectivity index (χ0) is 20.3. The van der Waals surface area contributed by atoms with E-state index in [0.29, 0.717) is 6.54 Å². The van der Waals surface area contributed by atoms with Crippen molar-refractivity contribution in [2.75, 3.05) is 26.2 Å². The largest absolute Gasteiger partial charge is 0.339 e. The number of hydrogen-bond donors (Lipinski definition) is 0. The topological polar surface area (TPSA) is 41.4 Å². The summed E-state index contributed by atoms with van der Waals surface area (Å²) in [5.74, 6) is 0.191. The molecule has 0 radical (unpaired) electrons. The standard InChI is InChI=1S/C24H24N4OS/c29-24(17-28-11-10-20-8-4-5-9-22(20)28)27-14-12-26(13-15-27)16-23-25-21(18-30-23)19-6-2-1-3-7-19/h1-11,18H,12-17H2. The second-order valence-corrected chi connectivity index (χ2v) is 8.59. The van der Waals surface area contributed by atoms with Crippen molar-refractivity contribution in [2.45, 2.75) is 13.1 Å². The highest BCUT2D eigenvalue weighted by molar-refractivity contribution is 7.09. The molecule has 1 aliphatic heterocycles. The van der Waals surface area contributed by atoms with Gasteiger partial charge in [-0.1, -0.05) is 48.5 Å². The van der Waals surface area contributed by atoms with Gasteiger partial charge in [0.05, 0.1) is 12.2 Å². The van der Waals surface area contributed by atoms with E-state index < -0.39 is 0 Å². The van der Waals surface area contributed by atoms with Crippen LogP contribution in [0.3, 0.4) is 0 Å². The summed E-state index contributed by atoms with van der Waals surface area (Å²) in [6, 6.07) is 20.6. The van der Waals surface area contributed by atoms with E-state index in [0.717, 1.165) is 54.5 Å². The summed E-state index contributed by atoms with van der Waals surface area (Å²) in [6.07, 6.45) is 2.01. The Kier molecular flexibility index (Phi) is 5.34. The molecular formula is C24H24N4OS. The Bertz CT molecular complexity index is 1140. The van der Waals surface area contributed by atoms with Gasteiger partial charge in [0.15, 0.2) is 0 Å². The van der Waals surface area contributed by atoms with Gasteiger partial charge in [-0.05, 0) is 17.5 Å². The Morgan fingerprint density at radius 2 is 1.70 bits per heavy atom. The zero-order valence-corrected chi connectivity index (χ0v) is 17.6. The van der Waals surface area contributed by atoms with Gasteiger partial charge >= 0.3 is 0 Å². The number of piperazine rings is 1. The Hall–Kier alpha value is -2.96. The average Bonchev–Trinajstić information content (AvgIpc) is 3.42. The summed E-state index contributed by atoms with van der Waals surface area (Å²) in [5.41, 5.74) is 3.32. The molecule has 5 rings (SSSR count). The molecule has 152 valence electrons. The van der Waals surface area contributed by atoms with E-state index >= 15 is 0 Å². The normalized spacial score (nSPS) is 15.0. The van der Waals surface area contributed by atoms with E-state index in [4.69, 9.17) is 4.98 Å². The predicted molar refractivity (Wildman–Crippen MR) is 121 cm³/mol. The van der Waals surface area contributed by atoms with Crippen LogP contribution in [0.15, 0.2) is 72.2 Å². The summed E-state index contributed by atoms with van der Waals surface area (Å²) in [5, 5.41) is 4.44. The number of benzene rings is 2. The molecule has 6 heteroatoms. The minimum atomic E-state index is 0.191. The monoisotopic (exact) mass is 416 g/mol. The minimum absolute atomic E-state index is 0.191. The van der Waals surface area contributed by atoms with Crippen molar-refractivity contribution in [3.05, 3.63) is 77.2 Å².